The number of nitrogens with one attached hydrogen (secondary N) is 1. The molecule has 0 unspecified atom stereocenters. The highest BCUT2D eigenvalue weighted by Gasteiger charge is 2.23. The first-order valence-electron chi connectivity index (χ1n) is 13.2. The molecule has 4 aromatic rings. The normalized spacial score (nSPS) is 11.2. The van der Waals surface area contributed by atoms with E-state index >= 15 is 0 Å². The number of carbonyl (C=O) groups is 1. The van der Waals surface area contributed by atoms with Crippen LogP contribution in [0.1, 0.15) is 39.0 Å². The van der Waals surface area contributed by atoms with Gasteiger partial charge in [-0.1, -0.05) is 60.2 Å². The summed E-state index contributed by atoms with van der Waals surface area (Å²) in [6.45, 7) is 4.47. The summed E-state index contributed by atoms with van der Waals surface area (Å²) in [6, 6.07) is 26.2. The zero-order valence-electron chi connectivity index (χ0n) is 23.4. The lowest BCUT2D eigenvalue weighted by molar-refractivity contribution is 0.0953. The van der Waals surface area contributed by atoms with Crippen LogP contribution in [-0.2, 0) is 22.0 Å². The van der Waals surface area contributed by atoms with Gasteiger partial charge in [-0.15, -0.1) is 0 Å². The SMILES string of the molecule is COc1cccc(C(=O)NCCCc2cccc(CS(=O)(=O)c3cc(-c4cccc(C)c4)c(C)cc3OC)c2)c1. The molecule has 0 saturated heterocycles. The first-order chi connectivity index (χ1) is 19.2. The van der Waals surface area contributed by atoms with Crippen LogP contribution in [0, 0.1) is 13.8 Å². The maximum atomic E-state index is 13.6. The monoisotopic (exact) mass is 557 g/mol. The summed E-state index contributed by atoms with van der Waals surface area (Å²) in [5.74, 6) is 0.682. The van der Waals surface area contributed by atoms with Crippen molar-refractivity contribution in [1.29, 1.82) is 0 Å². The number of aryl methyl sites for hydroxylation is 3. The highest BCUT2D eigenvalue weighted by molar-refractivity contribution is 7.90. The number of benzene rings is 4. The first kappa shape index (κ1) is 28.9. The molecule has 0 radical (unpaired) electrons. The maximum absolute atomic E-state index is 13.6. The number of ether oxygens (including phenoxy) is 2. The van der Waals surface area contributed by atoms with Gasteiger partial charge in [-0.2, -0.15) is 0 Å². The Morgan fingerprint density at radius 1 is 0.825 bits per heavy atom. The summed E-state index contributed by atoms with van der Waals surface area (Å²) in [5.41, 5.74) is 6.15. The number of hydrogen-bond acceptors (Lipinski definition) is 5. The van der Waals surface area contributed by atoms with E-state index in [4.69, 9.17) is 9.47 Å². The van der Waals surface area contributed by atoms with Gasteiger partial charge in [0.2, 0.25) is 0 Å². The van der Waals surface area contributed by atoms with Crippen molar-refractivity contribution in [2.45, 2.75) is 37.3 Å². The highest BCUT2D eigenvalue weighted by atomic mass is 32.2. The molecule has 0 aliphatic rings. The Balaban J connectivity index is 1.45. The van der Waals surface area contributed by atoms with E-state index in [9.17, 15) is 13.2 Å². The molecule has 0 atom stereocenters. The molecule has 0 bridgehead atoms. The van der Waals surface area contributed by atoms with Crippen LogP contribution in [-0.4, -0.2) is 35.1 Å². The van der Waals surface area contributed by atoms with Crippen molar-refractivity contribution in [3.63, 3.8) is 0 Å². The second-order valence-electron chi connectivity index (χ2n) is 9.86. The lowest BCUT2D eigenvalue weighted by Gasteiger charge is -2.15. The molecule has 0 heterocycles. The largest absolute Gasteiger partial charge is 0.497 e. The van der Waals surface area contributed by atoms with E-state index < -0.39 is 9.84 Å². The minimum Gasteiger partial charge on any atom is -0.497 e. The van der Waals surface area contributed by atoms with E-state index in [2.05, 4.69) is 5.32 Å². The van der Waals surface area contributed by atoms with Gasteiger partial charge >= 0.3 is 0 Å². The molecule has 0 aliphatic heterocycles. The van der Waals surface area contributed by atoms with Crippen LogP contribution >= 0.6 is 0 Å². The summed E-state index contributed by atoms with van der Waals surface area (Å²) in [6.07, 6.45) is 1.43. The topological polar surface area (TPSA) is 81.7 Å². The summed E-state index contributed by atoms with van der Waals surface area (Å²) >= 11 is 0. The zero-order chi connectivity index (χ0) is 28.7. The van der Waals surface area contributed by atoms with Gasteiger partial charge in [0.05, 0.1) is 20.0 Å². The van der Waals surface area contributed by atoms with Crippen molar-refractivity contribution in [3.8, 4) is 22.6 Å². The predicted octanol–water partition coefficient (Wildman–Crippen LogP) is 6.32. The average Bonchev–Trinajstić information content (AvgIpc) is 2.94. The molecule has 4 rings (SSSR count). The quantitative estimate of drug-likeness (QED) is 0.218. The molecule has 4 aromatic carbocycles. The van der Waals surface area contributed by atoms with E-state index in [1.54, 1.807) is 43.5 Å². The van der Waals surface area contributed by atoms with Gasteiger partial charge in [0, 0.05) is 12.1 Å². The number of methoxy groups -OCH3 is 2. The fraction of sp³-hybridized carbons (Fsp3) is 0.242. The maximum Gasteiger partial charge on any atom is 0.251 e. The van der Waals surface area contributed by atoms with E-state index in [-0.39, 0.29) is 16.6 Å². The van der Waals surface area contributed by atoms with E-state index in [0.717, 1.165) is 34.2 Å². The molecular formula is C33H35NO5S. The molecule has 208 valence electrons. The third-order valence-electron chi connectivity index (χ3n) is 6.78. The third kappa shape index (κ3) is 7.10. The molecule has 0 aliphatic carbocycles. The smallest absolute Gasteiger partial charge is 0.251 e. The van der Waals surface area contributed by atoms with Gasteiger partial charge in [-0.3, -0.25) is 4.79 Å². The Kier molecular flexibility index (Phi) is 9.27. The summed E-state index contributed by atoms with van der Waals surface area (Å²) in [5, 5.41) is 2.93. The lowest BCUT2D eigenvalue weighted by atomic mass is 9.99. The standard InChI is InChI=1S/C33H35NO5S/c1-23-9-5-13-27(17-23)30-21-32(31(39-4)18-24(30)2)40(36,37)22-26-11-6-10-25(19-26)12-8-16-34-33(35)28-14-7-15-29(20-28)38-3/h5-7,9-11,13-15,17-21H,8,12,16,22H2,1-4H3,(H,34,35). The molecule has 1 amide bonds. The van der Waals surface area contributed by atoms with Crippen LogP contribution in [0.4, 0.5) is 0 Å². The van der Waals surface area contributed by atoms with E-state index in [0.29, 0.717) is 35.6 Å². The third-order valence-corrected chi connectivity index (χ3v) is 8.49. The Morgan fingerprint density at radius 3 is 2.33 bits per heavy atom. The molecular weight excluding hydrogens is 522 g/mol. The second-order valence-corrected chi connectivity index (χ2v) is 11.8. The number of hydrogen-bond donors (Lipinski definition) is 1. The molecule has 0 saturated carbocycles. The molecule has 7 heteroatoms. The Morgan fingerprint density at radius 2 is 1.57 bits per heavy atom. The van der Waals surface area contributed by atoms with Gasteiger partial charge in [-0.05, 0) is 84.8 Å². The Bertz CT molecular complexity index is 1610. The fourth-order valence-electron chi connectivity index (χ4n) is 4.72. The molecule has 0 fully saturated rings. The molecule has 40 heavy (non-hydrogen) atoms. The van der Waals surface area contributed by atoms with Gasteiger partial charge in [0.1, 0.15) is 16.4 Å². The van der Waals surface area contributed by atoms with Crippen LogP contribution in [0.15, 0.2) is 89.8 Å². The minimum absolute atomic E-state index is 0.139. The van der Waals surface area contributed by atoms with Crippen molar-refractivity contribution >= 4 is 15.7 Å². The van der Waals surface area contributed by atoms with Crippen LogP contribution in [0.3, 0.4) is 0 Å². The van der Waals surface area contributed by atoms with Gasteiger partial charge in [0.25, 0.3) is 5.91 Å². The van der Waals surface area contributed by atoms with Crippen LogP contribution < -0.4 is 14.8 Å². The highest BCUT2D eigenvalue weighted by Crippen LogP contribution is 2.35. The van der Waals surface area contributed by atoms with Crippen molar-refractivity contribution in [3.05, 3.63) is 113 Å². The fourth-order valence-corrected chi connectivity index (χ4v) is 6.24. The van der Waals surface area contributed by atoms with Crippen molar-refractivity contribution in [1.82, 2.24) is 5.32 Å². The van der Waals surface area contributed by atoms with Crippen LogP contribution in [0.25, 0.3) is 11.1 Å². The number of amides is 1. The second kappa shape index (κ2) is 12.8. The van der Waals surface area contributed by atoms with E-state index in [1.807, 2.05) is 62.4 Å². The average molecular weight is 558 g/mol. The number of rotatable bonds is 11. The van der Waals surface area contributed by atoms with Crippen molar-refractivity contribution < 1.29 is 22.7 Å². The minimum atomic E-state index is -3.70. The summed E-state index contributed by atoms with van der Waals surface area (Å²) in [7, 11) is -0.636. The molecule has 1 N–H and O–H groups in total. The molecule has 0 spiro atoms. The number of sulfone groups is 1. The lowest BCUT2D eigenvalue weighted by Crippen LogP contribution is -2.24. The summed E-state index contributed by atoms with van der Waals surface area (Å²) < 4.78 is 37.9. The van der Waals surface area contributed by atoms with Crippen LogP contribution in [0.5, 0.6) is 11.5 Å². The van der Waals surface area contributed by atoms with Crippen LogP contribution in [0.2, 0.25) is 0 Å². The zero-order valence-corrected chi connectivity index (χ0v) is 24.2. The van der Waals surface area contributed by atoms with Crippen molar-refractivity contribution in [2.75, 3.05) is 20.8 Å². The predicted molar refractivity (Wildman–Crippen MR) is 159 cm³/mol. The Labute approximate surface area is 236 Å². The van der Waals surface area contributed by atoms with E-state index in [1.165, 1.54) is 7.11 Å². The first-order valence-corrected chi connectivity index (χ1v) is 14.8. The molecule has 0 aromatic heterocycles. The number of carbonyl (C=O) groups excluding carboxylic acids is 1. The van der Waals surface area contributed by atoms with Gasteiger partial charge < -0.3 is 14.8 Å². The Hall–Kier alpha value is -4.10. The van der Waals surface area contributed by atoms with Crippen molar-refractivity contribution in [2.24, 2.45) is 0 Å². The van der Waals surface area contributed by atoms with Gasteiger partial charge in [0.15, 0.2) is 9.84 Å². The molecule has 6 nitrogen and oxygen atoms in total. The van der Waals surface area contributed by atoms with Gasteiger partial charge in [-0.25, -0.2) is 8.42 Å². The summed E-state index contributed by atoms with van der Waals surface area (Å²) in [4.78, 5) is 12.6.